The number of benzene rings is 1. The van der Waals surface area contributed by atoms with Gasteiger partial charge in [0.1, 0.15) is 4.90 Å². The quantitative estimate of drug-likeness (QED) is 0.525. The van der Waals surface area contributed by atoms with Gasteiger partial charge < -0.3 is 0 Å². The van der Waals surface area contributed by atoms with Crippen LogP contribution in [0.5, 0.6) is 0 Å². The topological polar surface area (TPSA) is 97.5 Å². The molecule has 1 fully saturated rings. The van der Waals surface area contributed by atoms with Gasteiger partial charge in [0.2, 0.25) is 0 Å². The first kappa shape index (κ1) is 14.9. The van der Waals surface area contributed by atoms with Gasteiger partial charge in [-0.15, -0.1) is 0 Å². The molecule has 20 heavy (non-hydrogen) atoms. The predicted octanol–water partition coefficient (Wildman–Crippen LogP) is 3.14. The Morgan fingerprint density at radius 3 is 2.50 bits per heavy atom. The second-order valence-corrected chi connectivity index (χ2v) is 6.68. The predicted molar refractivity (Wildman–Crippen MR) is 73.3 cm³/mol. The highest BCUT2D eigenvalue weighted by atomic mass is 32.2. The molecule has 0 saturated heterocycles. The van der Waals surface area contributed by atoms with E-state index < -0.39 is 15.0 Å². The lowest BCUT2D eigenvalue weighted by Crippen LogP contribution is -2.19. The zero-order chi connectivity index (χ0) is 14.9. The Labute approximate surface area is 117 Å². The number of hydrogen-bond donors (Lipinski definition) is 1. The summed E-state index contributed by atoms with van der Waals surface area (Å²) in [5.74, 6) is -0.0485. The fraction of sp³-hybridized carbons (Fsp3) is 0.538. The fourth-order valence-electron chi connectivity index (χ4n) is 3.03. The highest BCUT2D eigenvalue weighted by Gasteiger charge is 2.34. The van der Waals surface area contributed by atoms with E-state index in [1.54, 1.807) is 0 Å². The van der Waals surface area contributed by atoms with E-state index in [9.17, 15) is 23.1 Å². The molecule has 1 N–H and O–H groups in total. The van der Waals surface area contributed by atoms with Crippen LogP contribution in [0.1, 0.15) is 44.1 Å². The molecule has 6 nitrogen and oxygen atoms in total. The molecule has 1 aromatic rings. The maximum atomic E-state index is 11.5. The Kier molecular flexibility index (Phi) is 4.10. The summed E-state index contributed by atoms with van der Waals surface area (Å²) in [7, 11) is -4.47. The van der Waals surface area contributed by atoms with Crippen LogP contribution in [-0.4, -0.2) is 17.9 Å². The van der Waals surface area contributed by atoms with Gasteiger partial charge in [0, 0.05) is 6.07 Å². The zero-order valence-electron chi connectivity index (χ0n) is 11.2. The molecule has 0 bridgehead atoms. The van der Waals surface area contributed by atoms with Crippen molar-refractivity contribution in [3.8, 4) is 0 Å². The van der Waals surface area contributed by atoms with Crippen LogP contribution < -0.4 is 0 Å². The van der Waals surface area contributed by atoms with Gasteiger partial charge in [-0.2, -0.15) is 8.42 Å². The molecule has 1 aromatic carbocycles. The third kappa shape index (κ3) is 2.83. The van der Waals surface area contributed by atoms with Crippen LogP contribution in [0.15, 0.2) is 23.1 Å². The van der Waals surface area contributed by atoms with Crippen molar-refractivity contribution in [3.63, 3.8) is 0 Å². The second kappa shape index (κ2) is 5.49. The van der Waals surface area contributed by atoms with Gasteiger partial charge in [-0.3, -0.25) is 14.7 Å². The summed E-state index contributed by atoms with van der Waals surface area (Å²) >= 11 is 0. The monoisotopic (exact) mass is 299 g/mol. The first-order valence-electron chi connectivity index (χ1n) is 6.57. The molecule has 0 spiro atoms. The van der Waals surface area contributed by atoms with Gasteiger partial charge >= 0.3 is 0 Å². The van der Waals surface area contributed by atoms with Crippen molar-refractivity contribution in [2.24, 2.45) is 5.92 Å². The highest BCUT2D eigenvalue weighted by molar-refractivity contribution is 7.85. The van der Waals surface area contributed by atoms with E-state index >= 15 is 0 Å². The third-order valence-corrected chi connectivity index (χ3v) is 4.91. The van der Waals surface area contributed by atoms with E-state index in [0.29, 0.717) is 6.42 Å². The van der Waals surface area contributed by atoms with Crippen molar-refractivity contribution in [1.29, 1.82) is 0 Å². The van der Waals surface area contributed by atoms with Crippen LogP contribution in [0.25, 0.3) is 0 Å². The zero-order valence-corrected chi connectivity index (χ0v) is 12.0. The van der Waals surface area contributed by atoms with Crippen molar-refractivity contribution < 1.29 is 17.9 Å². The molecule has 0 heterocycles. The molecular formula is C13H17NO5S. The lowest BCUT2D eigenvalue weighted by molar-refractivity contribution is -0.386. The minimum absolute atomic E-state index is 0.158. The summed E-state index contributed by atoms with van der Waals surface area (Å²) in [5, 5.41) is 11.2. The molecule has 0 aliphatic heterocycles. The minimum atomic E-state index is -4.47. The van der Waals surface area contributed by atoms with Crippen molar-refractivity contribution in [2.75, 3.05) is 0 Å². The SMILES string of the molecule is CC1CCCCC1c1c([N+](=O)[O-])cccc1S(=O)(=O)O. The van der Waals surface area contributed by atoms with Gasteiger partial charge in [0.05, 0.1) is 10.5 Å². The van der Waals surface area contributed by atoms with Crippen molar-refractivity contribution in [1.82, 2.24) is 0 Å². The van der Waals surface area contributed by atoms with Crippen LogP contribution >= 0.6 is 0 Å². The van der Waals surface area contributed by atoms with Crippen LogP contribution in [0.2, 0.25) is 0 Å². The Morgan fingerprint density at radius 1 is 1.30 bits per heavy atom. The number of hydrogen-bond acceptors (Lipinski definition) is 4. The molecule has 2 unspecified atom stereocenters. The smallest absolute Gasteiger partial charge is 0.282 e. The van der Waals surface area contributed by atoms with Crippen LogP contribution in [0, 0.1) is 16.0 Å². The van der Waals surface area contributed by atoms with Crippen LogP contribution in [-0.2, 0) is 10.1 Å². The summed E-state index contributed by atoms with van der Waals surface area (Å²) in [4.78, 5) is 10.3. The highest BCUT2D eigenvalue weighted by Crippen LogP contribution is 2.43. The van der Waals surface area contributed by atoms with Crippen molar-refractivity contribution in [3.05, 3.63) is 33.9 Å². The average Bonchev–Trinajstić information content (AvgIpc) is 2.37. The summed E-state index contributed by atoms with van der Waals surface area (Å²) in [6.07, 6.45) is 3.56. The summed E-state index contributed by atoms with van der Waals surface area (Å²) in [6.45, 7) is 1.97. The fourth-order valence-corrected chi connectivity index (χ4v) is 3.82. The Hall–Kier alpha value is -1.47. The van der Waals surface area contributed by atoms with Gasteiger partial charge in [-0.25, -0.2) is 0 Å². The molecule has 1 saturated carbocycles. The van der Waals surface area contributed by atoms with E-state index in [2.05, 4.69) is 0 Å². The molecular weight excluding hydrogens is 282 g/mol. The van der Waals surface area contributed by atoms with Gasteiger partial charge in [0.25, 0.3) is 15.8 Å². The first-order chi connectivity index (χ1) is 9.32. The Morgan fingerprint density at radius 2 is 1.95 bits per heavy atom. The molecule has 110 valence electrons. The second-order valence-electron chi connectivity index (χ2n) is 5.29. The molecule has 2 atom stereocenters. The summed E-state index contributed by atoms with van der Waals surface area (Å²) < 4.78 is 32.4. The lowest BCUT2D eigenvalue weighted by atomic mass is 9.76. The molecule has 1 aliphatic rings. The average molecular weight is 299 g/mol. The Balaban J connectivity index is 2.66. The molecule has 7 heteroatoms. The maximum absolute atomic E-state index is 11.5. The van der Waals surface area contributed by atoms with Crippen LogP contribution in [0.4, 0.5) is 5.69 Å². The molecule has 0 aromatic heterocycles. The van der Waals surface area contributed by atoms with E-state index in [-0.39, 0.29) is 28.0 Å². The standard InChI is InChI=1S/C13H17NO5S/c1-9-5-2-3-6-10(9)13-11(14(15)16)7-4-8-12(13)20(17,18)19/h4,7-10H,2-3,5-6H2,1H3,(H,17,18,19). The lowest BCUT2D eigenvalue weighted by Gasteiger charge is -2.29. The van der Waals surface area contributed by atoms with Gasteiger partial charge in [-0.1, -0.05) is 32.3 Å². The number of rotatable bonds is 3. The minimum Gasteiger partial charge on any atom is -0.282 e. The normalized spacial score (nSPS) is 23.5. The largest absolute Gasteiger partial charge is 0.295 e. The molecule has 2 rings (SSSR count). The first-order valence-corrected chi connectivity index (χ1v) is 8.01. The molecule has 1 aliphatic carbocycles. The Bertz CT molecular complexity index is 626. The maximum Gasteiger partial charge on any atom is 0.295 e. The van der Waals surface area contributed by atoms with Gasteiger partial charge in [-0.05, 0) is 24.3 Å². The summed E-state index contributed by atoms with van der Waals surface area (Å²) in [5.41, 5.74) is -0.0638. The number of nitro benzene ring substituents is 1. The van der Waals surface area contributed by atoms with E-state index in [1.165, 1.54) is 18.2 Å². The number of nitrogens with zero attached hydrogens (tertiary/aromatic N) is 1. The molecule has 0 radical (unpaired) electrons. The number of nitro groups is 1. The third-order valence-electron chi connectivity index (χ3n) is 4.00. The van der Waals surface area contributed by atoms with Crippen molar-refractivity contribution in [2.45, 2.75) is 43.4 Å². The van der Waals surface area contributed by atoms with Crippen LogP contribution in [0.3, 0.4) is 0 Å². The van der Waals surface area contributed by atoms with E-state index in [4.69, 9.17) is 0 Å². The van der Waals surface area contributed by atoms with Gasteiger partial charge in [0.15, 0.2) is 0 Å². The molecule has 0 amide bonds. The van der Waals surface area contributed by atoms with Crippen molar-refractivity contribution >= 4 is 15.8 Å². The van der Waals surface area contributed by atoms with E-state index in [1.807, 2.05) is 6.92 Å². The van der Waals surface area contributed by atoms with E-state index in [0.717, 1.165) is 19.3 Å². The summed E-state index contributed by atoms with van der Waals surface area (Å²) in [6, 6.07) is 3.82.